The van der Waals surface area contributed by atoms with Crippen molar-refractivity contribution in [2.45, 2.75) is 26.5 Å². The molecular formula is C18H19F2N3O4. The number of amides is 2. The highest BCUT2D eigenvalue weighted by Gasteiger charge is 2.35. The second kappa shape index (κ2) is 7.73. The summed E-state index contributed by atoms with van der Waals surface area (Å²) in [5.41, 5.74) is 0.0588. The van der Waals surface area contributed by atoms with Crippen molar-refractivity contribution < 1.29 is 27.6 Å². The van der Waals surface area contributed by atoms with E-state index in [9.17, 15) is 18.4 Å². The second-order valence-corrected chi connectivity index (χ2v) is 6.14. The molecule has 144 valence electrons. The predicted octanol–water partition coefficient (Wildman–Crippen LogP) is 2.22. The first-order chi connectivity index (χ1) is 12.9. The van der Waals surface area contributed by atoms with Gasteiger partial charge >= 0.3 is 0 Å². The molecule has 0 unspecified atom stereocenters. The number of nitrogens with zero attached hydrogens (tertiary/aromatic N) is 3. The Hall–Kier alpha value is -2.97. The maximum atomic E-state index is 13.2. The number of aromatic nitrogens is 1. The number of ether oxygens (including phenoxy) is 1. The van der Waals surface area contributed by atoms with E-state index in [0.29, 0.717) is 19.6 Å². The van der Waals surface area contributed by atoms with Gasteiger partial charge < -0.3 is 19.1 Å². The molecule has 1 aliphatic heterocycles. The molecule has 0 N–H and O–H groups in total. The molecule has 2 heterocycles. The summed E-state index contributed by atoms with van der Waals surface area (Å²) in [6.07, 6.45) is 0. The highest BCUT2D eigenvalue weighted by Crippen LogP contribution is 2.19. The van der Waals surface area contributed by atoms with E-state index in [1.54, 1.807) is 11.8 Å². The summed E-state index contributed by atoms with van der Waals surface area (Å²) < 4.78 is 36.5. The lowest BCUT2D eigenvalue weighted by Gasteiger charge is -2.38. The Kier molecular flexibility index (Phi) is 5.38. The van der Waals surface area contributed by atoms with Crippen LogP contribution in [0.15, 0.2) is 28.8 Å². The van der Waals surface area contributed by atoms with Gasteiger partial charge in [-0.15, -0.1) is 0 Å². The molecular weight excluding hydrogens is 360 g/mol. The first-order valence-corrected chi connectivity index (χ1v) is 8.54. The molecule has 0 radical (unpaired) electrons. The molecule has 0 aliphatic carbocycles. The average Bonchev–Trinajstić information content (AvgIpc) is 3.13. The summed E-state index contributed by atoms with van der Waals surface area (Å²) in [5.74, 6) is -2.15. The number of carbonyl (C=O) groups is 2. The maximum absolute atomic E-state index is 13.2. The summed E-state index contributed by atoms with van der Waals surface area (Å²) in [6.45, 7) is 4.93. The van der Waals surface area contributed by atoms with Crippen LogP contribution in [0, 0.1) is 11.6 Å². The highest BCUT2D eigenvalue weighted by molar-refractivity contribution is 5.96. The standard InChI is InChI=1S/C18H19F2N3O4/c1-3-22-6-7-23(11(2)17(22)24)18(25)16-9-13(27-21-16)10-26-12-4-5-14(19)15(20)8-12/h4-5,8-9,11H,3,6-7,10H2,1-2H3/t11-/m0/s1. The van der Waals surface area contributed by atoms with Gasteiger partial charge in [0.2, 0.25) is 5.91 Å². The number of rotatable bonds is 5. The van der Waals surface area contributed by atoms with Gasteiger partial charge in [0.15, 0.2) is 23.1 Å². The van der Waals surface area contributed by atoms with E-state index >= 15 is 0 Å². The Labute approximate surface area is 154 Å². The zero-order valence-corrected chi connectivity index (χ0v) is 14.9. The van der Waals surface area contributed by atoms with Crippen LogP contribution in [-0.2, 0) is 11.4 Å². The molecule has 0 bridgehead atoms. The SMILES string of the molecule is CCN1CCN(C(=O)c2cc(COc3ccc(F)c(F)c3)on2)[C@@H](C)C1=O. The van der Waals surface area contributed by atoms with E-state index in [1.165, 1.54) is 17.0 Å². The van der Waals surface area contributed by atoms with Crippen LogP contribution >= 0.6 is 0 Å². The fourth-order valence-electron chi connectivity index (χ4n) is 2.87. The normalized spacial score (nSPS) is 17.3. The molecule has 0 spiro atoms. The topological polar surface area (TPSA) is 75.9 Å². The average molecular weight is 379 g/mol. The largest absolute Gasteiger partial charge is 0.485 e. The van der Waals surface area contributed by atoms with Crippen LogP contribution in [0.1, 0.15) is 30.1 Å². The minimum Gasteiger partial charge on any atom is -0.485 e. The van der Waals surface area contributed by atoms with Gasteiger partial charge in [0.25, 0.3) is 5.91 Å². The molecule has 1 fully saturated rings. The van der Waals surface area contributed by atoms with Crippen molar-refractivity contribution in [3.8, 4) is 5.75 Å². The van der Waals surface area contributed by atoms with E-state index in [2.05, 4.69) is 5.16 Å². The van der Waals surface area contributed by atoms with Crippen LogP contribution in [0.2, 0.25) is 0 Å². The maximum Gasteiger partial charge on any atom is 0.276 e. The van der Waals surface area contributed by atoms with Crippen molar-refractivity contribution in [2.24, 2.45) is 0 Å². The van der Waals surface area contributed by atoms with E-state index < -0.39 is 23.6 Å². The van der Waals surface area contributed by atoms with Gasteiger partial charge in [0.05, 0.1) is 0 Å². The predicted molar refractivity (Wildman–Crippen MR) is 89.9 cm³/mol. The summed E-state index contributed by atoms with van der Waals surface area (Å²) in [7, 11) is 0. The van der Waals surface area contributed by atoms with Gasteiger partial charge in [0, 0.05) is 31.8 Å². The van der Waals surface area contributed by atoms with Crippen molar-refractivity contribution in [3.63, 3.8) is 0 Å². The molecule has 2 amide bonds. The lowest BCUT2D eigenvalue weighted by atomic mass is 10.1. The van der Waals surface area contributed by atoms with Crippen LogP contribution in [0.5, 0.6) is 5.75 Å². The first-order valence-electron chi connectivity index (χ1n) is 8.54. The molecule has 0 saturated carbocycles. The summed E-state index contributed by atoms with van der Waals surface area (Å²) in [6, 6.07) is 3.98. The second-order valence-electron chi connectivity index (χ2n) is 6.14. The smallest absolute Gasteiger partial charge is 0.276 e. The van der Waals surface area contributed by atoms with E-state index in [4.69, 9.17) is 9.26 Å². The van der Waals surface area contributed by atoms with Crippen molar-refractivity contribution in [2.75, 3.05) is 19.6 Å². The Morgan fingerprint density at radius 1 is 1.30 bits per heavy atom. The number of carbonyl (C=O) groups excluding carboxylic acids is 2. The van der Waals surface area contributed by atoms with Gasteiger partial charge in [-0.1, -0.05) is 5.16 Å². The van der Waals surface area contributed by atoms with E-state index in [0.717, 1.165) is 12.1 Å². The summed E-state index contributed by atoms with van der Waals surface area (Å²) >= 11 is 0. The van der Waals surface area contributed by atoms with Gasteiger partial charge in [0.1, 0.15) is 18.4 Å². The third-order valence-electron chi connectivity index (χ3n) is 4.44. The molecule has 27 heavy (non-hydrogen) atoms. The molecule has 2 aromatic rings. The Balaban J connectivity index is 1.63. The van der Waals surface area contributed by atoms with Crippen LogP contribution in [0.4, 0.5) is 8.78 Å². The summed E-state index contributed by atoms with van der Waals surface area (Å²) in [5, 5.41) is 3.73. The molecule has 1 aromatic carbocycles. The molecule has 7 nitrogen and oxygen atoms in total. The lowest BCUT2D eigenvalue weighted by Crippen LogP contribution is -2.57. The Morgan fingerprint density at radius 2 is 2.07 bits per heavy atom. The van der Waals surface area contributed by atoms with Crippen molar-refractivity contribution in [3.05, 3.63) is 47.4 Å². The number of hydrogen-bond acceptors (Lipinski definition) is 5. The number of benzene rings is 1. The molecule has 1 saturated heterocycles. The molecule has 3 rings (SSSR count). The summed E-state index contributed by atoms with van der Waals surface area (Å²) in [4.78, 5) is 28.0. The van der Waals surface area contributed by atoms with E-state index in [-0.39, 0.29) is 29.7 Å². The van der Waals surface area contributed by atoms with Gasteiger partial charge in [-0.3, -0.25) is 9.59 Å². The van der Waals surface area contributed by atoms with Crippen LogP contribution in [0.3, 0.4) is 0 Å². The number of hydrogen-bond donors (Lipinski definition) is 0. The first kappa shape index (κ1) is 18.8. The van der Waals surface area contributed by atoms with Gasteiger partial charge in [-0.05, 0) is 26.0 Å². The van der Waals surface area contributed by atoms with Crippen LogP contribution < -0.4 is 4.74 Å². The monoisotopic (exact) mass is 379 g/mol. The van der Waals surface area contributed by atoms with E-state index in [1.807, 2.05) is 6.92 Å². The van der Waals surface area contributed by atoms with Crippen LogP contribution in [0.25, 0.3) is 0 Å². The van der Waals surface area contributed by atoms with Crippen molar-refractivity contribution in [1.82, 2.24) is 15.0 Å². The van der Waals surface area contributed by atoms with Crippen LogP contribution in [-0.4, -0.2) is 52.4 Å². The molecule has 1 aliphatic rings. The van der Waals surface area contributed by atoms with Gasteiger partial charge in [-0.25, -0.2) is 8.78 Å². The number of piperazine rings is 1. The Morgan fingerprint density at radius 3 is 2.78 bits per heavy atom. The zero-order valence-electron chi connectivity index (χ0n) is 14.9. The molecule has 1 aromatic heterocycles. The third-order valence-corrected chi connectivity index (χ3v) is 4.44. The number of likely N-dealkylation sites (N-methyl/N-ethyl adjacent to an activating group) is 1. The third kappa shape index (κ3) is 3.91. The quantitative estimate of drug-likeness (QED) is 0.796. The minimum absolute atomic E-state index is 0.0588. The fourth-order valence-corrected chi connectivity index (χ4v) is 2.87. The number of halogens is 2. The fraction of sp³-hybridized carbons (Fsp3) is 0.389. The van der Waals surface area contributed by atoms with Gasteiger partial charge in [-0.2, -0.15) is 0 Å². The Bertz CT molecular complexity index is 855. The van der Waals surface area contributed by atoms with Crippen molar-refractivity contribution >= 4 is 11.8 Å². The van der Waals surface area contributed by atoms with Crippen molar-refractivity contribution in [1.29, 1.82) is 0 Å². The minimum atomic E-state index is -1.02. The zero-order chi connectivity index (χ0) is 19.6. The lowest BCUT2D eigenvalue weighted by molar-refractivity contribution is -0.139. The highest BCUT2D eigenvalue weighted by atomic mass is 19.2. The molecule has 1 atom stereocenters. The molecule has 9 heteroatoms.